The third-order valence-corrected chi connectivity index (χ3v) is 4.39. The number of carbonyl (C=O) groups excluding carboxylic acids is 3. The van der Waals surface area contributed by atoms with E-state index in [-0.39, 0.29) is 25.1 Å². The van der Waals surface area contributed by atoms with E-state index in [2.05, 4.69) is 10.3 Å². The van der Waals surface area contributed by atoms with E-state index in [0.717, 1.165) is 4.90 Å². The molecule has 1 aliphatic rings. The van der Waals surface area contributed by atoms with Crippen molar-refractivity contribution in [3.63, 3.8) is 0 Å². The van der Waals surface area contributed by atoms with Crippen LogP contribution < -0.4 is 10.2 Å². The number of hydrogen-bond donors (Lipinski definition) is 2. The molecule has 0 bridgehead atoms. The van der Waals surface area contributed by atoms with Crippen LogP contribution in [0.2, 0.25) is 0 Å². The SMILES string of the molecule is CC(C)(C)OC(=O)CCC(NC(=O)OC(C)(C)C)C(=O)N1c2ncccc2CC1C(=O)O. The first-order valence-corrected chi connectivity index (χ1v) is 10.4. The molecule has 2 N–H and O–H groups in total. The number of ether oxygens (including phenoxy) is 2. The fraction of sp³-hybridized carbons (Fsp3) is 0.591. The number of pyridine rings is 1. The van der Waals surface area contributed by atoms with Crippen molar-refractivity contribution in [2.75, 3.05) is 4.90 Å². The molecule has 0 saturated heterocycles. The number of nitrogens with one attached hydrogen (secondary N) is 1. The van der Waals surface area contributed by atoms with Crippen LogP contribution in [0.3, 0.4) is 0 Å². The Balaban J connectivity index is 2.28. The molecule has 2 rings (SSSR count). The molecular formula is C22H31N3O7. The van der Waals surface area contributed by atoms with E-state index in [0.29, 0.717) is 5.56 Å². The van der Waals surface area contributed by atoms with Gasteiger partial charge in [0.05, 0.1) is 0 Å². The number of aromatic nitrogens is 1. The number of hydrogen-bond acceptors (Lipinski definition) is 7. The Morgan fingerprint density at radius 2 is 1.78 bits per heavy atom. The lowest BCUT2D eigenvalue weighted by molar-refractivity contribution is -0.155. The van der Waals surface area contributed by atoms with Gasteiger partial charge in [0.1, 0.15) is 29.1 Å². The van der Waals surface area contributed by atoms with Crippen molar-refractivity contribution in [3.05, 3.63) is 23.9 Å². The van der Waals surface area contributed by atoms with Gasteiger partial charge < -0.3 is 19.9 Å². The second-order valence-corrected chi connectivity index (χ2v) is 9.58. The standard InChI is InChI=1S/C22H31N3O7/c1-21(2,3)31-16(26)10-9-14(24-20(30)32-22(4,5)6)18(27)25-15(19(28)29)12-13-8-7-11-23-17(13)25/h7-8,11,14-15H,9-10,12H2,1-6H3,(H,24,30)(H,28,29). The number of carbonyl (C=O) groups is 4. The molecule has 2 unspecified atom stereocenters. The Kier molecular flexibility index (Phi) is 7.48. The van der Waals surface area contributed by atoms with Crippen LogP contribution >= 0.6 is 0 Å². The summed E-state index contributed by atoms with van der Waals surface area (Å²) in [6, 6.07) is 0.969. The number of fused-ring (bicyclic) bond motifs is 1. The van der Waals surface area contributed by atoms with Gasteiger partial charge in [-0.1, -0.05) is 6.07 Å². The minimum Gasteiger partial charge on any atom is -0.480 e. The highest BCUT2D eigenvalue weighted by atomic mass is 16.6. The summed E-state index contributed by atoms with van der Waals surface area (Å²) in [5.41, 5.74) is -0.910. The van der Waals surface area contributed by atoms with Gasteiger partial charge in [0.2, 0.25) is 0 Å². The van der Waals surface area contributed by atoms with Gasteiger partial charge in [-0.3, -0.25) is 14.5 Å². The highest BCUT2D eigenvalue weighted by Gasteiger charge is 2.42. The van der Waals surface area contributed by atoms with E-state index in [1.165, 1.54) is 6.20 Å². The predicted molar refractivity (Wildman–Crippen MR) is 115 cm³/mol. The number of esters is 1. The van der Waals surface area contributed by atoms with Gasteiger partial charge in [0.25, 0.3) is 5.91 Å². The Bertz CT molecular complexity index is 886. The lowest BCUT2D eigenvalue weighted by Crippen LogP contribution is -2.54. The van der Waals surface area contributed by atoms with Crippen LogP contribution in [0.4, 0.5) is 10.6 Å². The second-order valence-electron chi connectivity index (χ2n) is 9.58. The number of carboxylic acid groups (broad SMARTS) is 1. The highest BCUT2D eigenvalue weighted by Crippen LogP contribution is 2.31. The summed E-state index contributed by atoms with van der Waals surface area (Å²) in [6.45, 7) is 10.2. The molecule has 2 atom stereocenters. The van der Waals surface area contributed by atoms with Crippen molar-refractivity contribution in [2.24, 2.45) is 0 Å². The molecule has 1 aromatic rings. The summed E-state index contributed by atoms with van der Waals surface area (Å²) in [7, 11) is 0. The number of anilines is 1. The first kappa shape index (κ1) is 25.1. The molecule has 0 spiro atoms. The summed E-state index contributed by atoms with van der Waals surface area (Å²) in [5, 5.41) is 12.1. The number of amides is 2. The summed E-state index contributed by atoms with van der Waals surface area (Å²) in [4.78, 5) is 55.0. The van der Waals surface area contributed by atoms with Gasteiger partial charge in [0, 0.05) is 19.0 Å². The zero-order valence-corrected chi connectivity index (χ0v) is 19.3. The molecule has 2 amide bonds. The highest BCUT2D eigenvalue weighted by molar-refractivity contribution is 6.04. The maximum absolute atomic E-state index is 13.4. The zero-order valence-electron chi connectivity index (χ0n) is 19.3. The Labute approximate surface area is 187 Å². The molecule has 176 valence electrons. The van der Waals surface area contributed by atoms with Crippen molar-refractivity contribution in [1.82, 2.24) is 10.3 Å². The van der Waals surface area contributed by atoms with Crippen LogP contribution in [-0.2, 0) is 30.3 Å². The largest absolute Gasteiger partial charge is 0.480 e. The van der Waals surface area contributed by atoms with Crippen LogP contribution in [0.5, 0.6) is 0 Å². The van der Waals surface area contributed by atoms with Crippen molar-refractivity contribution in [3.8, 4) is 0 Å². The van der Waals surface area contributed by atoms with Crippen LogP contribution in [0.15, 0.2) is 18.3 Å². The average molecular weight is 450 g/mol. The maximum Gasteiger partial charge on any atom is 0.408 e. The third kappa shape index (κ3) is 6.93. The van der Waals surface area contributed by atoms with Crippen LogP contribution in [-0.4, -0.2) is 57.3 Å². The molecule has 1 aromatic heterocycles. The topological polar surface area (TPSA) is 135 Å². The maximum atomic E-state index is 13.4. The smallest absolute Gasteiger partial charge is 0.408 e. The summed E-state index contributed by atoms with van der Waals surface area (Å²) in [6.07, 6.45) is 0.435. The quantitative estimate of drug-likeness (QED) is 0.632. The number of alkyl carbamates (subject to hydrolysis) is 1. The monoisotopic (exact) mass is 449 g/mol. The number of rotatable bonds is 6. The van der Waals surface area contributed by atoms with Crippen LogP contribution in [0.25, 0.3) is 0 Å². The van der Waals surface area contributed by atoms with Crippen molar-refractivity contribution < 1.29 is 33.8 Å². The number of carboxylic acids is 1. The molecule has 0 radical (unpaired) electrons. The lowest BCUT2D eigenvalue weighted by Gasteiger charge is -2.28. The molecule has 1 aliphatic heterocycles. The number of nitrogens with zero attached hydrogens (tertiary/aromatic N) is 2. The fourth-order valence-electron chi connectivity index (χ4n) is 3.24. The van der Waals surface area contributed by atoms with Crippen LogP contribution in [0.1, 0.15) is 59.9 Å². The molecular weight excluding hydrogens is 418 g/mol. The van der Waals surface area contributed by atoms with E-state index in [4.69, 9.17) is 9.47 Å². The molecule has 32 heavy (non-hydrogen) atoms. The Morgan fingerprint density at radius 3 is 2.34 bits per heavy atom. The predicted octanol–water partition coefficient (Wildman–Crippen LogP) is 2.44. The Morgan fingerprint density at radius 1 is 1.16 bits per heavy atom. The first-order valence-electron chi connectivity index (χ1n) is 10.4. The van der Waals surface area contributed by atoms with E-state index in [1.54, 1.807) is 53.7 Å². The van der Waals surface area contributed by atoms with E-state index in [9.17, 15) is 24.3 Å². The third-order valence-electron chi connectivity index (χ3n) is 4.39. The van der Waals surface area contributed by atoms with E-state index >= 15 is 0 Å². The van der Waals surface area contributed by atoms with Gasteiger partial charge in [0.15, 0.2) is 0 Å². The molecule has 0 fully saturated rings. The normalized spacial score (nSPS) is 16.7. The molecule has 0 aliphatic carbocycles. The minimum atomic E-state index is -1.22. The van der Waals surface area contributed by atoms with E-state index in [1.807, 2.05) is 0 Å². The molecule has 10 heteroatoms. The van der Waals surface area contributed by atoms with Gasteiger partial charge >= 0.3 is 18.0 Å². The van der Waals surface area contributed by atoms with Crippen molar-refractivity contribution in [2.45, 2.75) is 84.1 Å². The minimum absolute atomic E-state index is 0.0927. The lowest BCUT2D eigenvalue weighted by atomic mass is 10.1. The zero-order chi connectivity index (χ0) is 24.3. The van der Waals surface area contributed by atoms with Gasteiger partial charge in [-0.2, -0.15) is 0 Å². The number of aliphatic carboxylic acids is 1. The fourth-order valence-corrected chi connectivity index (χ4v) is 3.24. The second kappa shape index (κ2) is 9.54. The Hall–Kier alpha value is -3.17. The van der Waals surface area contributed by atoms with E-state index < -0.39 is 47.2 Å². The van der Waals surface area contributed by atoms with Gasteiger partial charge in [-0.15, -0.1) is 0 Å². The molecule has 10 nitrogen and oxygen atoms in total. The molecule has 0 saturated carbocycles. The van der Waals surface area contributed by atoms with Gasteiger partial charge in [-0.25, -0.2) is 14.6 Å². The summed E-state index contributed by atoms with van der Waals surface area (Å²) in [5.74, 6) is -2.21. The summed E-state index contributed by atoms with van der Waals surface area (Å²) < 4.78 is 10.5. The van der Waals surface area contributed by atoms with Gasteiger partial charge in [-0.05, 0) is 59.6 Å². The summed E-state index contributed by atoms with van der Waals surface area (Å²) >= 11 is 0. The van der Waals surface area contributed by atoms with Crippen molar-refractivity contribution in [1.29, 1.82) is 0 Å². The average Bonchev–Trinajstić information content (AvgIpc) is 3.01. The van der Waals surface area contributed by atoms with Crippen LogP contribution in [0, 0.1) is 0 Å². The molecule has 0 aromatic carbocycles. The first-order chi connectivity index (χ1) is 14.7. The van der Waals surface area contributed by atoms with Crippen molar-refractivity contribution >= 4 is 29.8 Å². The molecule has 2 heterocycles.